The third-order valence-corrected chi connectivity index (χ3v) is 1.04. The molecule has 42 valence electrons. The van der Waals surface area contributed by atoms with Crippen LogP contribution in [0.1, 0.15) is 13.3 Å². The van der Waals surface area contributed by atoms with Crippen LogP contribution in [0.2, 0.25) is 0 Å². The van der Waals surface area contributed by atoms with Crippen LogP contribution in [0.3, 0.4) is 0 Å². The Kier molecular flexibility index (Phi) is 3.80. The van der Waals surface area contributed by atoms with Crippen LogP contribution in [-0.4, -0.2) is 11.9 Å². The van der Waals surface area contributed by atoms with Crippen LogP contribution in [0, 0.1) is 0 Å². The zero-order valence-corrected chi connectivity index (χ0v) is 4.90. The van der Waals surface area contributed by atoms with Crippen LogP contribution in [0.15, 0.2) is 0 Å². The van der Waals surface area contributed by atoms with E-state index in [4.69, 9.17) is 11.6 Å². The monoisotopic (exact) mass is 121 g/mol. The standard InChI is InChI=1S/C4H8ClNO/c1-2-4(5)6-3-7/h3-4H,2H2,1H3,(H,6,7). The van der Waals surface area contributed by atoms with E-state index in [0.717, 1.165) is 6.42 Å². The van der Waals surface area contributed by atoms with Gasteiger partial charge in [-0.3, -0.25) is 4.79 Å². The highest BCUT2D eigenvalue weighted by atomic mass is 35.5. The van der Waals surface area contributed by atoms with E-state index in [1.807, 2.05) is 6.92 Å². The maximum Gasteiger partial charge on any atom is 0.208 e. The van der Waals surface area contributed by atoms with Crippen molar-refractivity contribution < 1.29 is 4.79 Å². The quantitative estimate of drug-likeness (QED) is 0.333. The molecule has 0 saturated carbocycles. The van der Waals surface area contributed by atoms with Crippen molar-refractivity contribution in [2.45, 2.75) is 18.8 Å². The van der Waals surface area contributed by atoms with Crippen LogP contribution in [-0.2, 0) is 4.79 Å². The summed E-state index contributed by atoms with van der Waals surface area (Å²) in [6.45, 7) is 1.90. The van der Waals surface area contributed by atoms with Gasteiger partial charge in [0, 0.05) is 0 Å². The minimum Gasteiger partial charge on any atom is -0.343 e. The Morgan fingerprint density at radius 1 is 2.00 bits per heavy atom. The minimum atomic E-state index is -0.197. The van der Waals surface area contributed by atoms with Gasteiger partial charge in [-0.1, -0.05) is 18.5 Å². The molecule has 0 aromatic rings. The topological polar surface area (TPSA) is 29.1 Å². The number of carbonyl (C=O) groups excluding carboxylic acids is 1. The van der Waals surface area contributed by atoms with Crippen LogP contribution in [0.5, 0.6) is 0 Å². The number of nitrogens with one attached hydrogen (secondary N) is 1. The van der Waals surface area contributed by atoms with Crippen molar-refractivity contribution in [3.05, 3.63) is 0 Å². The van der Waals surface area contributed by atoms with Gasteiger partial charge >= 0.3 is 0 Å². The molecule has 1 unspecified atom stereocenters. The second-order valence-electron chi connectivity index (χ2n) is 1.16. The SMILES string of the molecule is CCC(Cl)NC=O. The molecule has 1 amide bonds. The van der Waals surface area contributed by atoms with Gasteiger partial charge in [-0.2, -0.15) is 0 Å². The van der Waals surface area contributed by atoms with E-state index in [0.29, 0.717) is 6.41 Å². The third-order valence-electron chi connectivity index (χ3n) is 0.607. The normalized spacial score (nSPS) is 12.9. The number of alkyl halides is 1. The van der Waals surface area contributed by atoms with Crippen LogP contribution in [0.4, 0.5) is 0 Å². The zero-order valence-electron chi connectivity index (χ0n) is 4.15. The van der Waals surface area contributed by atoms with Gasteiger partial charge < -0.3 is 5.32 Å². The number of amides is 1. The Hall–Kier alpha value is -0.240. The molecule has 0 aromatic carbocycles. The van der Waals surface area contributed by atoms with E-state index in [2.05, 4.69) is 5.32 Å². The summed E-state index contributed by atoms with van der Waals surface area (Å²) in [5.41, 5.74) is -0.197. The summed E-state index contributed by atoms with van der Waals surface area (Å²) in [6, 6.07) is 0. The molecule has 2 nitrogen and oxygen atoms in total. The number of hydrogen-bond donors (Lipinski definition) is 1. The lowest BCUT2D eigenvalue weighted by Gasteiger charge is -1.99. The fraction of sp³-hybridized carbons (Fsp3) is 0.750. The smallest absolute Gasteiger partial charge is 0.208 e. The van der Waals surface area contributed by atoms with Gasteiger partial charge in [0.25, 0.3) is 0 Å². The summed E-state index contributed by atoms with van der Waals surface area (Å²) in [4.78, 5) is 9.58. The molecule has 0 radical (unpaired) electrons. The molecular weight excluding hydrogens is 114 g/mol. The average molecular weight is 122 g/mol. The molecule has 0 aliphatic carbocycles. The Balaban J connectivity index is 2.98. The Labute approximate surface area is 47.8 Å². The summed E-state index contributed by atoms with van der Waals surface area (Å²) in [7, 11) is 0. The van der Waals surface area contributed by atoms with Crippen molar-refractivity contribution in [1.82, 2.24) is 5.32 Å². The van der Waals surface area contributed by atoms with Crippen molar-refractivity contribution in [2.75, 3.05) is 0 Å². The van der Waals surface area contributed by atoms with E-state index in [9.17, 15) is 4.79 Å². The number of hydrogen-bond acceptors (Lipinski definition) is 1. The lowest BCUT2D eigenvalue weighted by molar-refractivity contribution is -0.109. The predicted octanol–water partition coefficient (Wildman–Crippen LogP) is 0.707. The lowest BCUT2D eigenvalue weighted by Crippen LogP contribution is -2.20. The van der Waals surface area contributed by atoms with Gasteiger partial charge in [0.1, 0.15) is 5.50 Å². The lowest BCUT2D eigenvalue weighted by atomic mass is 10.5. The van der Waals surface area contributed by atoms with Gasteiger partial charge in [-0.25, -0.2) is 0 Å². The highest BCUT2D eigenvalue weighted by molar-refractivity contribution is 6.20. The third kappa shape index (κ3) is 3.59. The first-order chi connectivity index (χ1) is 3.31. The maximum atomic E-state index is 9.58. The van der Waals surface area contributed by atoms with Gasteiger partial charge in [0.05, 0.1) is 0 Å². The molecule has 1 N–H and O–H groups in total. The van der Waals surface area contributed by atoms with Crippen molar-refractivity contribution in [3.63, 3.8) is 0 Å². The molecule has 0 aliphatic rings. The molecule has 3 heteroatoms. The second-order valence-corrected chi connectivity index (χ2v) is 1.69. The Bertz CT molecular complexity index is 57.7. The van der Waals surface area contributed by atoms with E-state index in [-0.39, 0.29) is 5.50 Å². The molecular formula is C4H8ClNO. The molecule has 0 saturated heterocycles. The molecule has 7 heavy (non-hydrogen) atoms. The summed E-state index contributed by atoms with van der Waals surface area (Å²) in [5, 5.41) is 2.38. The molecule has 0 rings (SSSR count). The fourth-order valence-corrected chi connectivity index (χ4v) is 0.243. The van der Waals surface area contributed by atoms with E-state index in [1.54, 1.807) is 0 Å². The van der Waals surface area contributed by atoms with E-state index in [1.165, 1.54) is 0 Å². The van der Waals surface area contributed by atoms with Gasteiger partial charge in [0.2, 0.25) is 6.41 Å². The molecule has 0 aromatic heterocycles. The van der Waals surface area contributed by atoms with Crippen LogP contribution in [0.25, 0.3) is 0 Å². The second kappa shape index (κ2) is 3.93. The minimum absolute atomic E-state index is 0.197. The van der Waals surface area contributed by atoms with Gasteiger partial charge in [-0.05, 0) is 6.42 Å². The number of carbonyl (C=O) groups is 1. The molecule has 0 fully saturated rings. The van der Waals surface area contributed by atoms with Crippen LogP contribution < -0.4 is 5.32 Å². The maximum absolute atomic E-state index is 9.58. The van der Waals surface area contributed by atoms with Crippen molar-refractivity contribution >= 4 is 18.0 Å². The predicted molar refractivity (Wildman–Crippen MR) is 29.1 cm³/mol. The molecule has 0 heterocycles. The summed E-state index contributed by atoms with van der Waals surface area (Å²) < 4.78 is 0. The fourth-order valence-electron chi connectivity index (χ4n) is 0.192. The zero-order chi connectivity index (χ0) is 5.70. The highest BCUT2D eigenvalue weighted by Gasteiger charge is 1.92. The largest absolute Gasteiger partial charge is 0.343 e. The van der Waals surface area contributed by atoms with Crippen molar-refractivity contribution in [3.8, 4) is 0 Å². The molecule has 1 atom stereocenters. The van der Waals surface area contributed by atoms with Crippen LogP contribution >= 0.6 is 11.6 Å². The summed E-state index contributed by atoms with van der Waals surface area (Å²) >= 11 is 5.42. The van der Waals surface area contributed by atoms with E-state index < -0.39 is 0 Å². The highest BCUT2D eigenvalue weighted by Crippen LogP contribution is 1.92. The van der Waals surface area contributed by atoms with Crippen molar-refractivity contribution in [1.29, 1.82) is 0 Å². The van der Waals surface area contributed by atoms with Crippen molar-refractivity contribution in [2.24, 2.45) is 0 Å². The first-order valence-electron chi connectivity index (χ1n) is 2.15. The molecule has 0 aliphatic heterocycles. The first-order valence-corrected chi connectivity index (χ1v) is 2.58. The summed E-state index contributed by atoms with van der Waals surface area (Å²) in [6.07, 6.45) is 1.36. The average Bonchev–Trinajstić information content (AvgIpc) is 1.68. The number of halogens is 1. The first kappa shape index (κ1) is 6.76. The number of rotatable bonds is 3. The Morgan fingerprint density at radius 2 is 2.57 bits per heavy atom. The van der Waals surface area contributed by atoms with Gasteiger partial charge in [-0.15, -0.1) is 0 Å². The van der Waals surface area contributed by atoms with Gasteiger partial charge in [0.15, 0.2) is 0 Å². The van der Waals surface area contributed by atoms with E-state index >= 15 is 0 Å². The molecule has 0 spiro atoms. The molecule has 0 bridgehead atoms. The Morgan fingerprint density at radius 3 is 2.71 bits per heavy atom. The summed E-state index contributed by atoms with van der Waals surface area (Å²) in [5.74, 6) is 0.